The van der Waals surface area contributed by atoms with Crippen LogP contribution in [0.2, 0.25) is 0 Å². The average molecular weight is 189 g/mol. The topological polar surface area (TPSA) is 17.1 Å². The van der Waals surface area contributed by atoms with Gasteiger partial charge in [-0.1, -0.05) is 15.9 Å². The quantitative estimate of drug-likeness (QED) is 0.530. The monoisotopic (exact) mass is 188 g/mol. The number of Topliss-reactive ketones (excluding diaryl/α,β-unsaturated/α-hetero) is 1. The van der Waals surface area contributed by atoms with E-state index in [2.05, 4.69) is 15.9 Å². The SMILES string of the molecule is O=C1C[C@H]2C[C@@H]1C[C@@H]2Br. The Labute approximate surface area is 62.9 Å². The fraction of sp³-hybridized carbons (Fsp3) is 0.857. The summed E-state index contributed by atoms with van der Waals surface area (Å²) in [6.45, 7) is 0. The van der Waals surface area contributed by atoms with Crippen LogP contribution in [0.25, 0.3) is 0 Å². The zero-order chi connectivity index (χ0) is 6.43. The van der Waals surface area contributed by atoms with Gasteiger partial charge < -0.3 is 0 Å². The molecule has 0 radical (unpaired) electrons. The van der Waals surface area contributed by atoms with Crippen molar-refractivity contribution in [2.45, 2.75) is 24.1 Å². The number of rotatable bonds is 0. The fourth-order valence-corrected chi connectivity index (χ4v) is 2.83. The Morgan fingerprint density at radius 3 is 2.56 bits per heavy atom. The number of carbonyl (C=O) groups is 1. The number of hydrogen-bond donors (Lipinski definition) is 0. The van der Waals surface area contributed by atoms with Gasteiger partial charge in [-0.05, 0) is 18.8 Å². The lowest BCUT2D eigenvalue weighted by atomic mass is 10.00. The second kappa shape index (κ2) is 1.82. The van der Waals surface area contributed by atoms with Gasteiger partial charge in [0.15, 0.2) is 0 Å². The van der Waals surface area contributed by atoms with Crippen molar-refractivity contribution in [2.75, 3.05) is 0 Å². The molecule has 2 aliphatic carbocycles. The molecule has 1 nitrogen and oxygen atoms in total. The first-order valence-electron chi connectivity index (χ1n) is 3.44. The van der Waals surface area contributed by atoms with Crippen molar-refractivity contribution in [3.63, 3.8) is 0 Å². The Kier molecular flexibility index (Phi) is 1.19. The van der Waals surface area contributed by atoms with Gasteiger partial charge in [-0.15, -0.1) is 0 Å². The number of fused-ring (bicyclic) bond motifs is 2. The lowest BCUT2D eigenvalue weighted by Crippen LogP contribution is -2.16. The lowest BCUT2D eigenvalue weighted by Gasteiger charge is -2.12. The third-order valence-corrected chi connectivity index (χ3v) is 3.65. The third kappa shape index (κ3) is 0.759. The zero-order valence-electron chi connectivity index (χ0n) is 5.14. The predicted octanol–water partition coefficient (Wildman–Crippen LogP) is 1.75. The van der Waals surface area contributed by atoms with E-state index in [0.717, 1.165) is 19.3 Å². The number of alkyl halides is 1. The maximum absolute atomic E-state index is 11.0. The van der Waals surface area contributed by atoms with E-state index in [1.54, 1.807) is 0 Å². The molecule has 2 rings (SSSR count). The standard InChI is InChI=1S/C7H9BrO/c8-6-2-5-1-4(6)3-7(5)9/h4-6H,1-3H2/t4-,5-,6+/m1/s1. The highest BCUT2D eigenvalue weighted by atomic mass is 79.9. The molecule has 2 fully saturated rings. The third-order valence-electron chi connectivity index (χ3n) is 2.53. The molecule has 2 heteroatoms. The summed E-state index contributed by atoms with van der Waals surface area (Å²) in [5.74, 6) is 1.62. The summed E-state index contributed by atoms with van der Waals surface area (Å²) in [4.78, 5) is 11.6. The Balaban J connectivity index is 2.19. The first-order chi connectivity index (χ1) is 4.27. The normalized spacial score (nSPS) is 48.6. The number of carbonyl (C=O) groups excluding carboxylic acids is 1. The van der Waals surface area contributed by atoms with Crippen LogP contribution in [-0.4, -0.2) is 10.6 Å². The molecule has 9 heavy (non-hydrogen) atoms. The van der Waals surface area contributed by atoms with E-state index >= 15 is 0 Å². The average Bonchev–Trinajstić information content (AvgIpc) is 2.24. The van der Waals surface area contributed by atoms with Crippen molar-refractivity contribution in [2.24, 2.45) is 11.8 Å². The second-order valence-electron chi connectivity index (χ2n) is 3.11. The largest absolute Gasteiger partial charge is 0.299 e. The molecule has 0 heterocycles. The molecule has 50 valence electrons. The molecule has 0 aliphatic heterocycles. The highest BCUT2D eigenvalue weighted by Crippen LogP contribution is 2.45. The van der Waals surface area contributed by atoms with Crippen molar-refractivity contribution in [3.8, 4) is 0 Å². The molecule has 0 aromatic heterocycles. The zero-order valence-corrected chi connectivity index (χ0v) is 6.73. The molecule has 0 N–H and O–H groups in total. The van der Waals surface area contributed by atoms with E-state index in [-0.39, 0.29) is 0 Å². The van der Waals surface area contributed by atoms with E-state index in [1.165, 1.54) is 0 Å². The van der Waals surface area contributed by atoms with E-state index in [1.807, 2.05) is 0 Å². The van der Waals surface area contributed by atoms with E-state index in [9.17, 15) is 4.79 Å². The minimum Gasteiger partial charge on any atom is -0.299 e. The van der Waals surface area contributed by atoms with Gasteiger partial charge in [0.1, 0.15) is 5.78 Å². The van der Waals surface area contributed by atoms with Gasteiger partial charge in [0.05, 0.1) is 0 Å². The number of halogens is 1. The highest BCUT2D eigenvalue weighted by molar-refractivity contribution is 9.09. The van der Waals surface area contributed by atoms with Gasteiger partial charge in [0, 0.05) is 17.2 Å². The summed E-state index contributed by atoms with van der Waals surface area (Å²) in [5, 5.41) is 0. The summed E-state index contributed by atoms with van der Waals surface area (Å²) in [5.41, 5.74) is 0. The molecule has 0 aromatic rings. The van der Waals surface area contributed by atoms with E-state index in [0.29, 0.717) is 22.4 Å². The van der Waals surface area contributed by atoms with Crippen LogP contribution in [0.3, 0.4) is 0 Å². The van der Waals surface area contributed by atoms with Crippen LogP contribution in [-0.2, 0) is 4.79 Å². The molecular formula is C7H9BrO. The van der Waals surface area contributed by atoms with Gasteiger partial charge in [-0.2, -0.15) is 0 Å². The Bertz CT molecular complexity index is 153. The van der Waals surface area contributed by atoms with E-state index in [4.69, 9.17) is 0 Å². The van der Waals surface area contributed by atoms with Crippen molar-refractivity contribution < 1.29 is 4.79 Å². The summed E-state index contributed by atoms with van der Waals surface area (Å²) >= 11 is 3.57. The molecule has 0 unspecified atom stereocenters. The summed E-state index contributed by atoms with van der Waals surface area (Å²) in [6, 6.07) is 0. The lowest BCUT2D eigenvalue weighted by molar-refractivity contribution is -0.121. The fourth-order valence-electron chi connectivity index (χ4n) is 1.97. The molecule has 0 spiro atoms. The Hall–Kier alpha value is 0.150. The van der Waals surface area contributed by atoms with Crippen LogP contribution in [0, 0.1) is 11.8 Å². The van der Waals surface area contributed by atoms with Crippen LogP contribution in [0.15, 0.2) is 0 Å². The van der Waals surface area contributed by atoms with Crippen LogP contribution < -0.4 is 0 Å². The Morgan fingerprint density at radius 2 is 2.22 bits per heavy atom. The number of ketones is 1. The maximum Gasteiger partial charge on any atom is 0.136 e. The first-order valence-corrected chi connectivity index (χ1v) is 4.35. The predicted molar refractivity (Wildman–Crippen MR) is 38.6 cm³/mol. The van der Waals surface area contributed by atoms with Gasteiger partial charge in [-0.3, -0.25) is 4.79 Å². The molecule has 0 aromatic carbocycles. The molecule has 2 aliphatic rings. The van der Waals surface area contributed by atoms with Crippen molar-refractivity contribution in [1.82, 2.24) is 0 Å². The van der Waals surface area contributed by atoms with Gasteiger partial charge >= 0.3 is 0 Å². The number of hydrogen-bond acceptors (Lipinski definition) is 1. The van der Waals surface area contributed by atoms with Crippen LogP contribution in [0.5, 0.6) is 0 Å². The summed E-state index contributed by atoms with van der Waals surface area (Å²) in [7, 11) is 0. The minimum atomic E-state index is 0.430. The van der Waals surface area contributed by atoms with Gasteiger partial charge in [0.2, 0.25) is 0 Å². The summed E-state index contributed by atoms with van der Waals surface area (Å²) in [6.07, 6.45) is 3.11. The van der Waals surface area contributed by atoms with Crippen molar-refractivity contribution in [1.29, 1.82) is 0 Å². The molecule has 2 saturated carbocycles. The maximum atomic E-state index is 11.0. The second-order valence-corrected chi connectivity index (χ2v) is 4.29. The van der Waals surface area contributed by atoms with E-state index < -0.39 is 0 Å². The van der Waals surface area contributed by atoms with Crippen LogP contribution in [0.1, 0.15) is 19.3 Å². The molecule has 2 bridgehead atoms. The first kappa shape index (κ1) is 5.90. The minimum absolute atomic E-state index is 0.430. The highest BCUT2D eigenvalue weighted by Gasteiger charge is 2.43. The summed E-state index contributed by atoms with van der Waals surface area (Å²) < 4.78 is 0. The smallest absolute Gasteiger partial charge is 0.136 e. The molecule has 0 amide bonds. The molecule has 0 saturated heterocycles. The molecular weight excluding hydrogens is 180 g/mol. The van der Waals surface area contributed by atoms with Crippen molar-refractivity contribution >= 4 is 21.7 Å². The van der Waals surface area contributed by atoms with Crippen molar-refractivity contribution in [3.05, 3.63) is 0 Å². The van der Waals surface area contributed by atoms with Gasteiger partial charge in [0.25, 0.3) is 0 Å². The van der Waals surface area contributed by atoms with Crippen LogP contribution >= 0.6 is 15.9 Å². The molecule has 3 atom stereocenters. The Morgan fingerprint density at radius 1 is 1.44 bits per heavy atom. The van der Waals surface area contributed by atoms with Gasteiger partial charge in [-0.25, -0.2) is 0 Å². The van der Waals surface area contributed by atoms with Crippen LogP contribution in [0.4, 0.5) is 0 Å².